The van der Waals surface area contributed by atoms with Gasteiger partial charge in [0.05, 0.1) is 10.9 Å². The summed E-state index contributed by atoms with van der Waals surface area (Å²) in [5.74, 6) is 0.470. The predicted molar refractivity (Wildman–Crippen MR) is 77.9 cm³/mol. The van der Waals surface area contributed by atoms with Gasteiger partial charge in [-0.25, -0.2) is 0 Å². The molecule has 1 unspecified atom stereocenters. The van der Waals surface area contributed by atoms with Gasteiger partial charge in [0, 0.05) is 17.8 Å². The predicted octanol–water partition coefficient (Wildman–Crippen LogP) is 3.13. The van der Waals surface area contributed by atoms with E-state index < -0.39 is 0 Å². The lowest BCUT2D eigenvalue weighted by atomic mass is 10.0. The Morgan fingerprint density at radius 2 is 2.22 bits per heavy atom. The molecular weight excluding hydrogens is 268 g/mol. The number of hydrogen-bond donors (Lipinski definition) is 1. The highest BCUT2D eigenvalue weighted by Crippen LogP contribution is 2.23. The number of amides is 1. The highest BCUT2D eigenvalue weighted by molar-refractivity contribution is 7.16. The number of hydrogen-bond acceptors (Lipinski definition) is 3. The number of thiophene rings is 1. The first-order valence-electron chi connectivity index (χ1n) is 6.32. The molecule has 0 aliphatic carbocycles. The molecular formula is C13H21ClN2OS. The molecule has 1 amide bonds. The molecule has 0 aromatic carbocycles. The molecule has 0 spiro atoms. The van der Waals surface area contributed by atoms with Crippen molar-refractivity contribution in [3.63, 3.8) is 0 Å². The Kier molecular flexibility index (Phi) is 6.68. The van der Waals surface area contributed by atoms with E-state index in [9.17, 15) is 4.79 Å². The number of nitrogens with zero attached hydrogens (tertiary/aromatic N) is 1. The van der Waals surface area contributed by atoms with Crippen molar-refractivity contribution in [1.82, 2.24) is 4.90 Å². The first-order chi connectivity index (χ1) is 8.60. The van der Waals surface area contributed by atoms with Crippen LogP contribution in [0.5, 0.6) is 0 Å². The lowest BCUT2D eigenvalue weighted by Crippen LogP contribution is -2.32. The van der Waals surface area contributed by atoms with Crippen molar-refractivity contribution in [2.75, 3.05) is 13.1 Å². The first-order valence-corrected chi connectivity index (χ1v) is 7.52. The highest BCUT2D eigenvalue weighted by Gasteiger charge is 2.17. The number of carbonyl (C=O) groups excluding carboxylic acids is 1. The Labute approximate surface area is 118 Å². The number of halogens is 1. The van der Waals surface area contributed by atoms with E-state index in [1.54, 1.807) is 0 Å². The van der Waals surface area contributed by atoms with Crippen LogP contribution < -0.4 is 5.73 Å². The van der Waals surface area contributed by atoms with Crippen LogP contribution >= 0.6 is 22.9 Å². The zero-order valence-electron chi connectivity index (χ0n) is 11.0. The molecule has 0 bridgehead atoms. The fourth-order valence-corrected chi connectivity index (χ4v) is 2.87. The van der Waals surface area contributed by atoms with E-state index in [4.69, 9.17) is 17.3 Å². The van der Waals surface area contributed by atoms with E-state index in [1.165, 1.54) is 11.3 Å². The molecule has 1 atom stereocenters. The van der Waals surface area contributed by atoms with E-state index in [0.717, 1.165) is 22.2 Å². The van der Waals surface area contributed by atoms with Crippen LogP contribution in [0.25, 0.3) is 0 Å². The maximum atomic E-state index is 12.2. The SMILES string of the molecule is CCC(CN)CC(=O)N(CC)Cc1ccc(Cl)s1. The van der Waals surface area contributed by atoms with Crippen LogP contribution in [0.15, 0.2) is 12.1 Å². The van der Waals surface area contributed by atoms with Crippen LogP contribution in [-0.2, 0) is 11.3 Å². The quantitative estimate of drug-likeness (QED) is 0.838. The lowest BCUT2D eigenvalue weighted by Gasteiger charge is -2.22. The third-order valence-electron chi connectivity index (χ3n) is 3.08. The van der Waals surface area contributed by atoms with Gasteiger partial charge in [0.25, 0.3) is 0 Å². The minimum atomic E-state index is 0.180. The molecule has 0 saturated carbocycles. The first kappa shape index (κ1) is 15.5. The summed E-state index contributed by atoms with van der Waals surface area (Å²) in [5.41, 5.74) is 5.64. The molecule has 0 saturated heterocycles. The van der Waals surface area contributed by atoms with E-state index in [1.807, 2.05) is 24.0 Å². The van der Waals surface area contributed by atoms with Crippen LogP contribution in [-0.4, -0.2) is 23.9 Å². The molecule has 0 aliphatic heterocycles. The molecule has 1 aromatic heterocycles. The maximum Gasteiger partial charge on any atom is 0.223 e. The van der Waals surface area contributed by atoms with Crippen molar-refractivity contribution in [1.29, 1.82) is 0 Å². The third kappa shape index (κ3) is 4.59. The second-order valence-corrected chi connectivity index (χ2v) is 6.13. The van der Waals surface area contributed by atoms with Gasteiger partial charge in [0.2, 0.25) is 5.91 Å². The number of rotatable bonds is 7. The maximum absolute atomic E-state index is 12.2. The average Bonchev–Trinajstić information content (AvgIpc) is 2.78. The molecule has 1 rings (SSSR count). The summed E-state index contributed by atoms with van der Waals surface area (Å²) >= 11 is 7.42. The van der Waals surface area contributed by atoms with Crippen molar-refractivity contribution >= 4 is 28.8 Å². The van der Waals surface area contributed by atoms with Gasteiger partial charge < -0.3 is 10.6 Å². The van der Waals surface area contributed by atoms with Crippen LogP contribution in [0.2, 0.25) is 4.34 Å². The standard InChI is InChI=1S/C13H21ClN2OS/c1-3-10(8-15)7-13(17)16(4-2)9-11-5-6-12(14)18-11/h5-6,10H,3-4,7-9,15H2,1-2H3. The molecule has 3 nitrogen and oxygen atoms in total. The zero-order chi connectivity index (χ0) is 13.5. The fraction of sp³-hybridized carbons (Fsp3) is 0.615. The van der Waals surface area contributed by atoms with Crippen molar-refractivity contribution in [2.24, 2.45) is 11.7 Å². The Morgan fingerprint density at radius 1 is 1.50 bits per heavy atom. The van der Waals surface area contributed by atoms with E-state index in [-0.39, 0.29) is 5.91 Å². The van der Waals surface area contributed by atoms with Gasteiger partial charge in [-0.15, -0.1) is 11.3 Å². The molecule has 102 valence electrons. The third-order valence-corrected chi connectivity index (χ3v) is 4.30. The largest absolute Gasteiger partial charge is 0.338 e. The summed E-state index contributed by atoms with van der Waals surface area (Å²) in [4.78, 5) is 15.1. The zero-order valence-corrected chi connectivity index (χ0v) is 12.6. The molecule has 1 aromatic rings. The topological polar surface area (TPSA) is 46.3 Å². The second-order valence-electron chi connectivity index (χ2n) is 4.33. The van der Waals surface area contributed by atoms with Crippen molar-refractivity contribution in [2.45, 2.75) is 33.2 Å². The summed E-state index contributed by atoms with van der Waals surface area (Å²) in [6.45, 7) is 6.00. The molecule has 0 fully saturated rings. The molecule has 0 radical (unpaired) electrons. The van der Waals surface area contributed by atoms with Crippen molar-refractivity contribution in [3.05, 3.63) is 21.3 Å². The minimum absolute atomic E-state index is 0.180. The minimum Gasteiger partial charge on any atom is -0.338 e. The van der Waals surface area contributed by atoms with Crippen LogP contribution in [0.4, 0.5) is 0 Å². The number of carbonyl (C=O) groups is 1. The summed E-state index contributed by atoms with van der Waals surface area (Å²) in [6, 6.07) is 3.85. The monoisotopic (exact) mass is 288 g/mol. The van der Waals surface area contributed by atoms with Gasteiger partial charge in [0.1, 0.15) is 0 Å². The molecule has 18 heavy (non-hydrogen) atoms. The van der Waals surface area contributed by atoms with E-state index >= 15 is 0 Å². The Bertz CT molecular complexity index is 377. The van der Waals surface area contributed by atoms with Gasteiger partial charge in [0.15, 0.2) is 0 Å². The van der Waals surface area contributed by atoms with Crippen molar-refractivity contribution in [3.8, 4) is 0 Å². The smallest absolute Gasteiger partial charge is 0.223 e. The summed E-state index contributed by atoms with van der Waals surface area (Å²) in [7, 11) is 0. The van der Waals surface area contributed by atoms with E-state index in [2.05, 4.69) is 6.92 Å². The van der Waals surface area contributed by atoms with Crippen LogP contribution in [0.1, 0.15) is 31.6 Å². The molecule has 5 heteroatoms. The Hall–Kier alpha value is -0.580. The molecule has 0 aliphatic rings. The lowest BCUT2D eigenvalue weighted by molar-refractivity contribution is -0.132. The second kappa shape index (κ2) is 7.77. The summed E-state index contributed by atoms with van der Waals surface area (Å²) in [5, 5.41) is 0. The Morgan fingerprint density at radius 3 is 2.67 bits per heavy atom. The highest BCUT2D eigenvalue weighted by atomic mass is 35.5. The normalized spacial score (nSPS) is 12.4. The molecule has 1 heterocycles. The van der Waals surface area contributed by atoms with Gasteiger partial charge in [-0.1, -0.05) is 24.9 Å². The average molecular weight is 289 g/mol. The summed E-state index contributed by atoms with van der Waals surface area (Å²) in [6.07, 6.45) is 1.49. The van der Waals surface area contributed by atoms with Crippen LogP contribution in [0, 0.1) is 5.92 Å². The van der Waals surface area contributed by atoms with Crippen molar-refractivity contribution < 1.29 is 4.79 Å². The Balaban J connectivity index is 2.57. The van der Waals surface area contributed by atoms with E-state index in [0.29, 0.717) is 25.4 Å². The van der Waals surface area contributed by atoms with Gasteiger partial charge in [-0.3, -0.25) is 4.79 Å². The summed E-state index contributed by atoms with van der Waals surface area (Å²) < 4.78 is 0.766. The number of nitrogens with two attached hydrogens (primary N) is 1. The van der Waals surface area contributed by atoms with Crippen LogP contribution in [0.3, 0.4) is 0 Å². The van der Waals surface area contributed by atoms with Gasteiger partial charge in [-0.05, 0) is 31.5 Å². The van der Waals surface area contributed by atoms with Gasteiger partial charge >= 0.3 is 0 Å². The molecule has 2 N–H and O–H groups in total. The fourth-order valence-electron chi connectivity index (χ4n) is 1.77. The van der Waals surface area contributed by atoms with Gasteiger partial charge in [-0.2, -0.15) is 0 Å².